The SMILES string of the molecule is NCC1CCCCC1NS(=O)(=O)c1ccc(Cl)c(Br)c1. The minimum absolute atomic E-state index is 0.0757. The number of rotatable bonds is 4. The molecule has 2 unspecified atom stereocenters. The van der Waals surface area contributed by atoms with Gasteiger partial charge in [-0.3, -0.25) is 0 Å². The van der Waals surface area contributed by atoms with E-state index in [0.29, 0.717) is 16.0 Å². The molecule has 0 bridgehead atoms. The number of sulfonamides is 1. The maximum Gasteiger partial charge on any atom is 0.240 e. The molecule has 4 nitrogen and oxygen atoms in total. The van der Waals surface area contributed by atoms with E-state index in [1.807, 2.05) is 0 Å². The summed E-state index contributed by atoms with van der Waals surface area (Å²) in [5, 5.41) is 0.487. The first-order valence-electron chi connectivity index (χ1n) is 6.61. The van der Waals surface area contributed by atoms with E-state index in [-0.39, 0.29) is 16.9 Å². The Hall–Kier alpha value is -0.140. The van der Waals surface area contributed by atoms with Crippen LogP contribution in [0.1, 0.15) is 25.7 Å². The van der Waals surface area contributed by atoms with Crippen LogP contribution in [0.3, 0.4) is 0 Å². The number of hydrogen-bond donors (Lipinski definition) is 2. The highest BCUT2D eigenvalue weighted by Crippen LogP contribution is 2.28. The maximum atomic E-state index is 12.4. The zero-order valence-corrected chi connectivity index (χ0v) is 14.1. The van der Waals surface area contributed by atoms with Gasteiger partial charge < -0.3 is 5.73 Å². The Morgan fingerprint density at radius 2 is 2.05 bits per heavy atom. The van der Waals surface area contributed by atoms with Crippen LogP contribution in [0, 0.1) is 5.92 Å². The first-order chi connectivity index (χ1) is 9.44. The number of benzene rings is 1. The van der Waals surface area contributed by atoms with E-state index in [9.17, 15) is 8.42 Å². The van der Waals surface area contributed by atoms with E-state index in [1.54, 1.807) is 6.07 Å². The molecular formula is C13H18BrClN2O2S. The van der Waals surface area contributed by atoms with Gasteiger partial charge >= 0.3 is 0 Å². The highest BCUT2D eigenvalue weighted by molar-refractivity contribution is 9.10. The monoisotopic (exact) mass is 380 g/mol. The number of halogens is 2. The minimum Gasteiger partial charge on any atom is -0.330 e. The number of nitrogens with one attached hydrogen (secondary N) is 1. The van der Waals surface area contributed by atoms with Crippen LogP contribution < -0.4 is 10.5 Å². The van der Waals surface area contributed by atoms with Gasteiger partial charge in [-0.25, -0.2) is 13.1 Å². The molecule has 0 radical (unpaired) electrons. The molecule has 20 heavy (non-hydrogen) atoms. The molecule has 1 saturated carbocycles. The molecule has 3 N–H and O–H groups in total. The maximum absolute atomic E-state index is 12.4. The summed E-state index contributed by atoms with van der Waals surface area (Å²) in [6.45, 7) is 0.511. The van der Waals surface area contributed by atoms with Crippen molar-refractivity contribution in [2.24, 2.45) is 11.7 Å². The lowest BCUT2D eigenvalue weighted by molar-refractivity contribution is 0.296. The topological polar surface area (TPSA) is 72.2 Å². The fourth-order valence-electron chi connectivity index (χ4n) is 2.56. The van der Waals surface area contributed by atoms with Crippen molar-refractivity contribution >= 4 is 37.6 Å². The summed E-state index contributed by atoms with van der Waals surface area (Å²) >= 11 is 9.13. The smallest absolute Gasteiger partial charge is 0.240 e. The average molecular weight is 382 g/mol. The van der Waals surface area contributed by atoms with E-state index < -0.39 is 10.0 Å². The summed E-state index contributed by atoms with van der Waals surface area (Å²) in [5.41, 5.74) is 5.74. The summed E-state index contributed by atoms with van der Waals surface area (Å²) in [4.78, 5) is 0.218. The van der Waals surface area contributed by atoms with Gasteiger partial charge in [0.25, 0.3) is 0 Å². The first kappa shape index (κ1) is 16.2. The van der Waals surface area contributed by atoms with Crippen LogP contribution in [0.2, 0.25) is 5.02 Å². The van der Waals surface area contributed by atoms with Crippen molar-refractivity contribution < 1.29 is 8.42 Å². The molecule has 1 fully saturated rings. The predicted molar refractivity (Wildman–Crippen MR) is 84.3 cm³/mol. The molecular weight excluding hydrogens is 364 g/mol. The largest absolute Gasteiger partial charge is 0.330 e. The summed E-state index contributed by atoms with van der Waals surface area (Å²) in [6, 6.07) is 4.52. The fourth-order valence-corrected chi connectivity index (χ4v) is 4.57. The fraction of sp³-hybridized carbons (Fsp3) is 0.538. The molecule has 2 rings (SSSR count). The van der Waals surface area contributed by atoms with Crippen molar-refractivity contribution in [2.75, 3.05) is 6.54 Å². The molecule has 0 spiro atoms. The Bertz CT molecular complexity index is 580. The average Bonchev–Trinajstić information content (AvgIpc) is 2.42. The van der Waals surface area contributed by atoms with E-state index >= 15 is 0 Å². The third-order valence-electron chi connectivity index (χ3n) is 3.72. The van der Waals surface area contributed by atoms with Crippen LogP contribution in [0.4, 0.5) is 0 Å². The summed E-state index contributed by atoms with van der Waals surface area (Å²) in [5.74, 6) is 0.217. The van der Waals surface area contributed by atoms with Crippen LogP contribution in [0.5, 0.6) is 0 Å². The first-order valence-corrected chi connectivity index (χ1v) is 9.27. The molecule has 0 saturated heterocycles. The van der Waals surface area contributed by atoms with Gasteiger partial charge in [0.15, 0.2) is 0 Å². The Morgan fingerprint density at radius 1 is 1.35 bits per heavy atom. The van der Waals surface area contributed by atoms with Crippen molar-refractivity contribution in [1.82, 2.24) is 4.72 Å². The molecule has 7 heteroatoms. The van der Waals surface area contributed by atoms with E-state index in [0.717, 1.165) is 25.7 Å². The van der Waals surface area contributed by atoms with Gasteiger partial charge in [0.2, 0.25) is 10.0 Å². The zero-order chi connectivity index (χ0) is 14.8. The van der Waals surface area contributed by atoms with Crippen LogP contribution >= 0.6 is 27.5 Å². The molecule has 1 aromatic carbocycles. The van der Waals surface area contributed by atoms with Gasteiger partial charge in [-0.1, -0.05) is 24.4 Å². The van der Waals surface area contributed by atoms with Crippen LogP contribution in [0.15, 0.2) is 27.6 Å². The van der Waals surface area contributed by atoms with E-state index in [4.69, 9.17) is 17.3 Å². The van der Waals surface area contributed by atoms with Gasteiger partial charge in [0.1, 0.15) is 0 Å². The second kappa shape index (κ2) is 6.75. The highest BCUT2D eigenvalue weighted by Gasteiger charge is 2.28. The van der Waals surface area contributed by atoms with Crippen molar-refractivity contribution in [2.45, 2.75) is 36.6 Å². The number of nitrogens with two attached hydrogens (primary N) is 1. The van der Waals surface area contributed by atoms with Gasteiger partial charge in [-0.05, 0) is 59.4 Å². The summed E-state index contributed by atoms with van der Waals surface area (Å²) in [7, 11) is -3.54. The lowest BCUT2D eigenvalue weighted by Gasteiger charge is -2.31. The van der Waals surface area contributed by atoms with Crippen LogP contribution in [-0.2, 0) is 10.0 Å². The second-order valence-corrected chi connectivity index (χ2v) is 8.06. The minimum atomic E-state index is -3.54. The van der Waals surface area contributed by atoms with Gasteiger partial charge in [0.05, 0.1) is 9.92 Å². The van der Waals surface area contributed by atoms with E-state index in [1.165, 1.54) is 12.1 Å². The Labute approximate surface area is 133 Å². The van der Waals surface area contributed by atoms with Crippen molar-refractivity contribution in [3.63, 3.8) is 0 Å². The third-order valence-corrected chi connectivity index (χ3v) is 6.42. The molecule has 1 aliphatic rings. The third kappa shape index (κ3) is 3.74. The molecule has 0 aliphatic heterocycles. The van der Waals surface area contributed by atoms with Gasteiger partial charge in [-0.2, -0.15) is 0 Å². The van der Waals surface area contributed by atoms with E-state index in [2.05, 4.69) is 20.7 Å². The molecule has 1 aromatic rings. The Balaban J connectivity index is 2.19. The second-order valence-electron chi connectivity index (χ2n) is 5.08. The highest BCUT2D eigenvalue weighted by atomic mass is 79.9. The van der Waals surface area contributed by atoms with Crippen LogP contribution in [-0.4, -0.2) is 21.0 Å². The van der Waals surface area contributed by atoms with Crippen molar-refractivity contribution in [3.05, 3.63) is 27.7 Å². The standard InChI is InChI=1S/C13H18BrClN2O2S/c14-11-7-10(5-6-12(11)15)20(18,19)17-13-4-2-1-3-9(13)8-16/h5-7,9,13,17H,1-4,8,16H2. The lowest BCUT2D eigenvalue weighted by atomic mass is 9.85. The number of hydrogen-bond acceptors (Lipinski definition) is 3. The quantitative estimate of drug-likeness (QED) is 0.842. The molecule has 0 heterocycles. The molecule has 0 amide bonds. The van der Waals surface area contributed by atoms with Crippen LogP contribution in [0.25, 0.3) is 0 Å². The zero-order valence-electron chi connectivity index (χ0n) is 11.0. The molecule has 1 aliphatic carbocycles. The summed E-state index contributed by atoms with van der Waals surface area (Å²) in [6.07, 6.45) is 3.98. The normalized spacial score (nSPS) is 23.8. The van der Waals surface area contributed by atoms with Crippen molar-refractivity contribution in [3.8, 4) is 0 Å². The molecule has 2 atom stereocenters. The van der Waals surface area contributed by atoms with Crippen molar-refractivity contribution in [1.29, 1.82) is 0 Å². The Kier molecular flexibility index (Phi) is 5.48. The van der Waals surface area contributed by atoms with Gasteiger partial charge in [0, 0.05) is 10.5 Å². The Morgan fingerprint density at radius 3 is 2.70 bits per heavy atom. The van der Waals surface area contributed by atoms with Gasteiger partial charge in [-0.15, -0.1) is 0 Å². The predicted octanol–water partition coefficient (Wildman–Crippen LogP) is 2.90. The summed E-state index contributed by atoms with van der Waals surface area (Å²) < 4.78 is 28.2. The lowest BCUT2D eigenvalue weighted by Crippen LogP contribution is -2.44. The molecule has 112 valence electrons. The molecule has 0 aromatic heterocycles.